The summed E-state index contributed by atoms with van der Waals surface area (Å²) >= 11 is 0. The van der Waals surface area contributed by atoms with Crippen LogP contribution in [0.15, 0.2) is 42.6 Å². The smallest absolute Gasteiger partial charge is 0.276 e. The fraction of sp³-hybridized carbons (Fsp3) is 0.0714. The van der Waals surface area contributed by atoms with Crippen LogP contribution in [-0.2, 0) is 0 Å². The van der Waals surface area contributed by atoms with E-state index in [1.54, 1.807) is 12.3 Å². The number of amides is 1. The molecule has 5 heteroatoms. The summed E-state index contributed by atoms with van der Waals surface area (Å²) in [5.41, 5.74) is 2.94. The molecule has 94 valence electrons. The molecule has 2 aromatic heterocycles. The SMILES string of the molecule is Cc1cccnc1C(=O)Nc1nc2ccccc2[nH]1. The summed E-state index contributed by atoms with van der Waals surface area (Å²) in [6.07, 6.45) is 1.60. The van der Waals surface area contributed by atoms with Crippen molar-refractivity contribution in [2.45, 2.75) is 6.92 Å². The maximum absolute atomic E-state index is 12.1. The van der Waals surface area contributed by atoms with E-state index in [4.69, 9.17) is 0 Å². The molecule has 1 aromatic carbocycles. The van der Waals surface area contributed by atoms with Gasteiger partial charge in [0, 0.05) is 6.20 Å². The van der Waals surface area contributed by atoms with Gasteiger partial charge >= 0.3 is 0 Å². The van der Waals surface area contributed by atoms with Crippen molar-refractivity contribution in [2.24, 2.45) is 0 Å². The lowest BCUT2D eigenvalue weighted by Crippen LogP contribution is -2.15. The maximum atomic E-state index is 12.1. The first-order chi connectivity index (χ1) is 9.24. The Morgan fingerprint density at radius 2 is 2.05 bits per heavy atom. The van der Waals surface area contributed by atoms with Crippen LogP contribution in [0.3, 0.4) is 0 Å². The van der Waals surface area contributed by atoms with Gasteiger partial charge in [-0.2, -0.15) is 0 Å². The number of rotatable bonds is 2. The normalized spacial score (nSPS) is 10.6. The number of aromatic amines is 1. The first-order valence-corrected chi connectivity index (χ1v) is 5.92. The zero-order valence-corrected chi connectivity index (χ0v) is 10.3. The van der Waals surface area contributed by atoms with E-state index in [0.29, 0.717) is 11.6 Å². The molecule has 0 radical (unpaired) electrons. The molecule has 19 heavy (non-hydrogen) atoms. The number of nitrogens with one attached hydrogen (secondary N) is 2. The predicted molar refractivity (Wildman–Crippen MR) is 73.0 cm³/mol. The van der Waals surface area contributed by atoms with E-state index in [9.17, 15) is 4.79 Å². The fourth-order valence-corrected chi connectivity index (χ4v) is 1.90. The molecule has 1 amide bonds. The third kappa shape index (κ3) is 2.18. The van der Waals surface area contributed by atoms with Gasteiger partial charge in [0.05, 0.1) is 11.0 Å². The van der Waals surface area contributed by atoms with Gasteiger partial charge in [-0.1, -0.05) is 18.2 Å². The van der Waals surface area contributed by atoms with Gasteiger partial charge < -0.3 is 4.98 Å². The van der Waals surface area contributed by atoms with Gasteiger partial charge in [-0.15, -0.1) is 0 Å². The third-order valence-electron chi connectivity index (χ3n) is 2.85. The molecule has 2 heterocycles. The van der Waals surface area contributed by atoms with E-state index in [1.165, 1.54) is 0 Å². The van der Waals surface area contributed by atoms with Crippen molar-refractivity contribution in [1.29, 1.82) is 0 Å². The zero-order chi connectivity index (χ0) is 13.2. The third-order valence-corrected chi connectivity index (χ3v) is 2.85. The minimum absolute atomic E-state index is 0.267. The molecule has 3 aromatic rings. The first-order valence-electron chi connectivity index (χ1n) is 5.92. The number of carbonyl (C=O) groups excluding carboxylic acids is 1. The van der Waals surface area contributed by atoms with Gasteiger partial charge in [-0.25, -0.2) is 4.98 Å². The number of benzene rings is 1. The molecule has 0 atom stereocenters. The lowest BCUT2D eigenvalue weighted by atomic mass is 10.2. The number of anilines is 1. The first kappa shape index (κ1) is 11.4. The van der Waals surface area contributed by atoms with E-state index in [2.05, 4.69) is 20.3 Å². The fourth-order valence-electron chi connectivity index (χ4n) is 1.90. The summed E-state index contributed by atoms with van der Waals surface area (Å²) < 4.78 is 0. The molecule has 3 rings (SSSR count). The minimum Gasteiger partial charge on any atom is -0.324 e. The molecular weight excluding hydrogens is 240 g/mol. The highest BCUT2D eigenvalue weighted by Crippen LogP contribution is 2.14. The molecule has 0 aliphatic carbocycles. The number of H-pyrrole nitrogens is 1. The summed E-state index contributed by atoms with van der Waals surface area (Å²) in [5.74, 6) is 0.161. The number of carbonyl (C=O) groups is 1. The molecule has 0 bridgehead atoms. The van der Waals surface area contributed by atoms with Crippen molar-refractivity contribution in [3.63, 3.8) is 0 Å². The number of aryl methyl sites for hydroxylation is 1. The van der Waals surface area contributed by atoms with Crippen LogP contribution >= 0.6 is 0 Å². The highest BCUT2D eigenvalue weighted by Gasteiger charge is 2.12. The predicted octanol–water partition coefficient (Wildman–Crippen LogP) is 2.52. The Morgan fingerprint density at radius 3 is 2.84 bits per heavy atom. The van der Waals surface area contributed by atoms with Crippen LogP contribution in [0.4, 0.5) is 5.95 Å². The van der Waals surface area contributed by atoms with Gasteiger partial charge in [0.15, 0.2) is 0 Å². The number of nitrogens with zero attached hydrogens (tertiary/aromatic N) is 2. The van der Waals surface area contributed by atoms with E-state index in [0.717, 1.165) is 16.6 Å². The van der Waals surface area contributed by atoms with E-state index in [-0.39, 0.29) is 5.91 Å². The molecule has 0 fully saturated rings. The van der Waals surface area contributed by atoms with Gasteiger partial charge in [0.1, 0.15) is 5.69 Å². The molecule has 2 N–H and O–H groups in total. The van der Waals surface area contributed by atoms with Crippen molar-refractivity contribution in [1.82, 2.24) is 15.0 Å². The van der Waals surface area contributed by atoms with Crippen molar-refractivity contribution in [3.05, 3.63) is 53.9 Å². The average molecular weight is 252 g/mol. The molecule has 0 saturated carbocycles. The lowest BCUT2D eigenvalue weighted by molar-refractivity contribution is 0.102. The topological polar surface area (TPSA) is 70.7 Å². The quantitative estimate of drug-likeness (QED) is 0.736. The Kier molecular flexibility index (Phi) is 2.72. The molecule has 0 aliphatic heterocycles. The van der Waals surface area contributed by atoms with Crippen molar-refractivity contribution in [3.8, 4) is 0 Å². The minimum atomic E-state index is -0.267. The summed E-state index contributed by atoms with van der Waals surface area (Å²) in [6, 6.07) is 11.2. The zero-order valence-electron chi connectivity index (χ0n) is 10.3. The number of hydrogen-bond acceptors (Lipinski definition) is 3. The van der Waals surface area contributed by atoms with Crippen LogP contribution in [0.25, 0.3) is 11.0 Å². The highest BCUT2D eigenvalue weighted by atomic mass is 16.2. The summed E-state index contributed by atoms with van der Waals surface area (Å²) in [7, 11) is 0. The van der Waals surface area contributed by atoms with Crippen LogP contribution < -0.4 is 5.32 Å². The summed E-state index contributed by atoms with van der Waals surface area (Å²) in [4.78, 5) is 23.5. The van der Waals surface area contributed by atoms with Gasteiger partial charge in [0.25, 0.3) is 5.91 Å². The van der Waals surface area contributed by atoms with Crippen LogP contribution in [-0.4, -0.2) is 20.9 Å². The van der Waals surface area contributed by atoms with E-state index < -0.39 is 0 Å². The van der Waals surface area contributed by atoms with E-state index in [1.807, 2.05) is 37.3 Å². The highest BCUT2D eigenvalue weighted by molar-refractivity contribution is 6.03. The molecule has 0 spiro atoms. The van der Waals surface area contributed by atoms with Crippen molar-refractivity contribution in [2.75, 3.05) is 5.32 Å². The Bertz CT molecular complexity index is 715. The average Bonchev–Trinajstić information content (AvgIpc) is 2.81. The van der Waals surface area contributed by atoms with Crippen LogP contribution in [0, 0.1) is 6.92 Å². The summed E-state index contributed by atoms with van der Waals surface area (Å²) in [6.45, 7) is 1.85. The largest absolute Gasteiger partial charge is 0.324 e. The number of pyridine rings is 1. The Morgan fingerprint density at radius 1 is 1.21 bits per heavy atom. The van der Waals surface area contributed by atoms with Gasteiger partial charge in [0.2, 0.25) is 5.95 Å². The second-order valence-electron chi connectivity index (χ2n) is 4.23. The van der Waals surface area contributed by atoms with Crippen LogP contribution in [0.2, 0.25) is 0 Å². The van der Waals surface area contributed by atoms with Gasteiger partial charge in [-0.3, -0.25) is 15.1 Å². The Balaban J connectivity index is 1.89. The standard InChI is InChI=1S/C14H12N4O/c1-9-5-4-8-15-12(9)13(19)18-14-16-10-6-2-3-7-11(10)17-14/h2-8H,1H3,(H2,16,17,18,19). The van der Waals surface area contributed by atoms with Crippen molar-refractivity contribution >= 4 is 22.9 Å². The Labute approximate surface area is 109 Å². The molecule has 5 nitrogen and oxygen atoms in total. The molecule has 0 aliphatic rings. The van der Waals surface area contributed by atoms with Gasteiger partial charge in [-0.05, 0) is 30.7 Å². The monoisotopic (exact) mass is 252 g/mol. The van der Waals surface area contributed by atoms with E-state index >= 15 is 0 Å². The second kappa shape index (κ2) is 4.53. The molecule has 0 unspecified atom stereocenters. The number of para-hydroxylation sites is 2. The van der Waals surface area contributed by atoms with Crippen LogP contribution in [0.1, 0.15) is 16.1 Å². The lowest BCUT2D eigenvalue weighted by Gasteiger charge is -2.03. The Hall–Kier alpha value is -2.69. The summed E-state index contributed by atoms with van der Waals surface area (Å²) in [5, 5.41) is 2.72. The maximum Gasteiger partial charge on any atom is 0.276 e. The van der Waals surface area contributed by atoms with Crippen molar-refractivity contribution < 1.29 is 4.79 Å². The number of aromatic nitrogens is 3. The number of hydrogen-bond donors (Lipinski definition) is 2. The molecule has 0 saturated heterocycles. The second-order valence-corrected chi connectivity index (χ2v) is 4.23. The number of fused-ring (bicyclic) bond motifs is 1. The van der Waals surface area contributed by atoms with Crippen LogP contribution in [0.5, 0.6) is 0 Å². The molecular formula is C14H12N4O. The number of imidazole rings is 1.